The van der Waals surface area contributed by atoms with Gasteiger partial charge in [0.2, 0.25) is 0 Å². The van der Waals surface area contributed by atoms with E-state index < -0.39 is 0 Å². The molecule has 0 saturated heterocycles. The summed E-state index contributed by atoms with van der Waals surface area (Å²) in [6.07, 6.45) is 2.03. The number of benzene rings is 1. The molecule has 1 unspecified atom stereocenters. The lowest BCUT2D eigenvalue weighted by atomic mass is 10.0. The van der Waals surface area contributed by atoms with E-state index in [1.165, 1.54) is 0 Å². The van der Waals surface area contributed by atoms with Crippen molar-refractivity contribution in [3.05, 3.63) is 29.0 Å². The molecule has 18 heavy (non-hydrogen) atoms. The van der Waals surface area contributed by atoms with Crippen LogP contribution in [0.15, 0.2) is 18.2 Å². The Hall–Kier alpha value is -1.06. The third-order valence-electron chi connectivity index (χ3n) is 3.49. The molecule has 1 atom stereocenters. The second kappa shape index (κ2) is 5.72. The van der Waals surface area contributed by atoms with Crippen LogP contribution in [0.2, 0.25) is 5.02 Å². The Balaban J connectivity index is 2.43. The zero-order chi connectivity index (χ0) is 13.1. The highest BCUT2D eigenvalue weighted by Gasteiger charge is 2.13. The topological polar surface area (TPSA) is 43.8 Å². The molecular formula is C14H20ClN3. The maximum Gasteiger partial charge on any atom is 0.110 e. The third-order valence-corrected chi connectivity index (χ3v) is 3.72. The Morgan fingerprint density at radius 1 is 1.39 bits per heavy atom. The number of nitrogens with zero attached hydrogens (tertiary/aromatic N) is 2. The summed E-state index contributed by atoms with van der Waals surface area (Å²) in [7, 11) is 0. The highest BCUT2D eigenvalue weighted by atomic mass is 35.5. The number of hydrogen-bond donors (Lipinski definition) is 1. The predicted molar refractivity (Wildman–Crippen MR) is 77.0 cm³/mol. The van der Waals surface area contributed by atoms with Crippen LogP contribution >= 0.6 is 11.6 Å². The lowest BCUT2D eigenvalue weighted by Gasteiger charge is -2.12. The minimum absolute atomic E-state index is 0.502. The first kappa shape index (κ1) is 13.4. The molecule has 0 aliphatic heterocycles. The van der Waals surface area contributed by atoms with Gasteiger partial charge in [0, 0.05) is 18.0 Å². The van der Waals surface area contributed by atoms with E-state index in [1.807, 2.05) is 18.2 Å². The van der Waals surface area contributed by atoms with E-state index >= 15 is 0 Å². The van der Waals surface area contributed by atoms with Gasteiger partial charge in [0.05, 0.1) is 11.0 Å². The van der Waals surface area contributed by atoms with Crippen molar-refractivity contribution >= 4 is 22.6 Å². The van der Waals surface area contributed by atoms with Crippen molar-refractivity contribution in [3.8, 4) is 0 Å². The van der Waals surface area contributed by atoms with E-state index in [0.29, 0.717) is 12.5 Å². The number of nitrogens with two attached hydrogens (primary N) is 1. The van der Waals surface area contributed by atoms with E-state index in [2.05, 4.69) is 18.4 Å². The summed E-state index contributed by atoms with van der Waals surface area (Å²) in [6.45, 7) is 5.95. The zero-order valence-electron chi connectivity index (χ0n) is 11.0. The lowest BCUT2D eigenvalue weighted by Crippen LogP contribution is -2.18. The molecule has 2 N–H and O–H groups in total. The standard InChI is InChI=1S/C14H20ClN3/c1-3-10(9-16)7-14-17-12-8-11(15)5-6-13(12)18(14)4-2/h5-6,8,10H,3-4,7,9,16H2,1-2H3. The minimum Gasteiger partial charge on any atom is -0.330 e. The zero-order valence-corrected chi connectivity index (χ0v) is 11.7. The average Bonchev–Trinajstić information content (AvgIpc) is 2.71. The van der Waals surface area contributed by atoms with Gasteiger partial charge in [0.1, 0.15) is 5.82 Å². The lowest BCUT2D eigenvalue weighted by molar-refractivity contribution is 0.494. The van der Waals surface area contributed by atoms with Crippen LogP contribution in [0, 0.1) is 5.92 Å². The van der Waals surface area contributed by atoms with E-state index in [9.17, 15) is 0 Å². The maximum absolute atomic E-state index is 6.01. The second-order valence-corrected chi connectivity index (χ2v) is 5.06. The second-order valence-electron chi connectivity index (χ2n) is 4.62. The molecule has 3 nitrogen and oxygen atoms in total. The van der Waals surface area contributed by atoms with Crippen LogP contribution in [0.5, 0.6) is 0 Å². The van der Waals surface area contributed by atoms with Gasteiger partial charge >= 0.3 is 0 Å². The molecule has 0 aliphatic rings. The molecule has 0 amide bonds. The van der Waals surface area contributed by atoms with Gasteiger partial charge in [-0.2, -0.15) is 0 Å². The summed E-state index contributed by atoms with van der Waals surface area (Å²) in [5, 5.41) is 0.737. The molecule has 0 spiro atoms. The number of aromatic nitrogens is 2. The average molecular weight is 266 g/mol. The Morgan fingerprint density at radius 2 is 2.17 bits per heavy atom. The fraction of sp³-hybridized carbons (Fsp3) is 0.500. The van der Waals surface area contributed by atoms with Gasteiger partial charge in [-0.25, -0.2) is 4.98 Å². The molecule has 1 aromatic carbocycles. The van der Waals surface area contributed by atoms with Crippen LogP contribution in [0.3, 0.4) is 0 Å². The molecule has 2 aromatic rings. The van der Waals surface area contributed by atoms with Crippen molar-refractivity contribution in [1.82, 2.24) is 9.55 Å². The third kappa shape index (κ3) is 2.52. The van der Waals surface area contributed by atoms with E-state index in [-0.39, 0.29) is 0 Å². The highest BCUT2D eigenvalue weighted by molar-refractivity contribution is 6.31. The van der Waals surface area contributed by atoms with Gasteiger partial charge in [0.25, 0.3) is 0 Å². The Morgan fingerprint density at radius 3 is 2.78 bits per heavy atom. The fourth-order valence-electron chi connectivity index (χ4n) is 2.31. The van der Waals surface area contributed by atoms with Crippen LogP contribution in [0.1, 0.15) is 26.1 Å². The van der Waals surface area contributed by atoms with Gasteiger partial charge in [0.15, 0.2) is 0 Å². The van der Waals surface area contributed by atoms with E-state index in [4.69, 9.17) is 22.3 Å². The molecule has 1 heterocycles. The van der Waals surface area contributed by atoms with Gasteiger partial charge in [-0.1, -0.05) is 24.9 Å². The first-order chi connectivity index (χ1) is 8.69. The summed E-state index contributed by atoms with van der Waals surface area (Å²) in [5.74, 6) is 1.62. The van der Waals surface area contributed by atoms with Crippen molar-refractivity contribution in [1.29, 1.82) is 0 Å². The van der Waals surface area contributed by atoms with E-state index in [1.54, 1.807) is 0 Å². The minimum atomic E-state index is 0.502. The van der Waals surface area contributed by atoms with Crippen molar-refractivity contribution in [2.24, 2.45) is 11.7 Å². The molecule has 1 aromatic heterocycles. The number of halogens is 1. The van der Waals surface area contributed by atoms with Crippen molar-refractivity contribution in [3.63, 3.8) is 0 Å². The smallest absolute Gasteiger partial charge is 0.110 e. The molecule has 0 bridgehead atoms. The van der Waals surface area contributed by atoms with Crippen LogP contribution in [0.25, 0.3) is 11.0 Å². The van der Waals surface area contributed by atoms with Gasteiger partial charge in [-0.3, -0.25) is 0 Å². The SMILES string of the molecule is CCC(CN)Cc1nc2cc(Cl)ccc2n1CC. The Bertz CT molecular complexity index is 529. The normalized spacial score (nSPS) is 13.1. The van der Waals surface area contributed by atoms with Crippen LogP contribution < -0.4 is 5.73 Å². The quantitative estimate of drug-likeness (QED) is 0.902. The van der Waals surface area contributed by atoms with Crippen molar-refractivity contribution in [2.75, 3.05) is 6.54 Å². The van der Waals surface area contributed by atoms with E-state index in [0.717, 1.165) is 41.3 Å². The summed E-state index contributed by atoms with van der Waals surface area (Å²) in [6, 6.07) is 5.89. The molecule has 2 rings (SSSR count). The molecular weight excluding hydrogens is 246 g/mol. The molecule has 0 aliphatic carbocycles. The number of rotatable bonds is 5. The highest BCUT2D eigenvalue weighted by Crippen LogP contribution is 2.22. The summed E-state index contributed by atoms with van der Waals surface area (Å²) < 4.78 is 2.25. The first-order valence-electron chi connectivity index (χ1n) is 6.54. The largest absolute Gasteiger partial charge is 0.330 e. The number of imidazole rings is 1. The van der Waals surface area contributed by atoms with Gasteiger partial charge in [-0.15, -0.1) is 0 Å². The molecule has 4 heteroatoms. The molecule has 0 saturated carbocycles. The number of aryl methyl sites for hydroxylation is 1. The van der Waals surface area contributed by atoms with Crippen LogP contribution in [-0.2, 0) is 13.0 Å². The fourth-order valence-corrected chi connectivity index (χ4v) is 2.48. The Labute approximate surface area is 113 Å². The molecule has 98 valence electrons. The van der Waals surface area contributed by atoms with Crippen molar-refractivity contribution < 1.29 is 0 Å². The summed E-state index contributed by atoms with van der Waals surface area (Å²) in [4.78, 5) is 4.70. The first-order valence-corrected chi connectivity index (χ1v) is 6.92. The number of fused-ring (bicyclic) bond motifs is 1. The number of hydrogen-bond acceptors (Lipinski definition) is 2. The monoisotopic (exact) mass is 265 g/mol. The predicted octanol–water partition coefficient (Wildman–Crippen LogP) is 3.24. The van der Waals surface area contributed by atoms with Gasteiger partial charge < -0.3 is 10.3 Å². The van der Waals surface area contributed by atoms with Crippen LogP contribution in [-0.4, -0.2) is 16.1 Å². The summed E-state index contributed by atoms with van der Waals surface area (Å²) in [5.41, 5.74) is 7.92. The maximum atomic E-state index is 6.01. The molecule has 0 radical (unpaired) electrons. The van der Waals surface area contributed by atoms with Crippen LogP contribution in [0.4, 0.5) is 0 Å². The molecule has 0 fully saturated rings. The summed E-state index contributed by atoms with van der Waals surface area (Å²) >= 11 is 6.01. The van der Waals surface area contributed by atoms with Gasteiger partial charge in [-0.05, 0) is 37.6 Å². The Kier molecular flexibility index (Phi) is 4.25. The van der Waals surface area contributed by atoms with Crippen molar-refractivity contribution in [2.45, 2.75) is 33.2 Å².